The second kappa shape index (κ2) is 13.1. The molecule has 13 heteroatoms. The molecule has 3 fully saturated rings. The van der Waals surface area contributed by atoms with Gasteiger partial charge in [0.15, 0.2) is 5.82 Å². The van der Waals surface area contributed by atoms with E-state index in [1.165, 1.54) is 31.4 Å². The quantitative estimate of drug-likeness (QED) is 0.245. The molecule has 7 rings (SSSR count). The number of alkyl halides is 1. The summed E-state index contributed by atoms with van der Waals surface area (Å²) in [5.41, 5.74) is -1.81. The van der Waals surface area contributed by atoms with Crippen LogP contribution in [-0.2, 0) is 11.2 Å². The largest absolute Gasteiger partial charge is 0.508 e. The third-order valence-corrected chi connectivity index (χ3v) is 10.6. The van der Waals surface area contributed by atoms with Gasteiger partial charge < -0.3 is 34.2 Å². The lowest BCUT2D eigenvalue weighted by Gasteiger charge is -2.44. The van der Waals surface area contributed by atoms with E-state index >= 15 is 8.78 Å². The average Bonchev–Trinajstić information content (AvgIpc) is 3.44. The normalized spacial score (nSPS) is 24.7. The minimum absolute atomic E-state index is 0.0452. The Labute approximate surface area is 282 Å². The summed E-state index contributed by atoms with van der Waals surface area (Å²) in [5.74, 6) is -1.37. The van der Waals surface area contributed by atoms with Crippen molar-refractivity contribution in [2.24, 2.45) is 5.41 Å². The van der Waals surface area contributed by atoms with Crippen molar-refractivity contribution in [1.29, 1.82) is 0 Å². The van der Waals surface area contributed by atoms with Crippen molar-refractivity contribution in [3.63, 3.8) is 0 Å². The van der Waals surface area contributed by atoms with Crippen molar-refractivity contribution in [2.75, 3.05) is 65.2 Å². The zero-order valence-corrected chi connectivity index (χ0v) is 28.1. The maximum atomic E-state index is 17.2. The molecule has 1 saturated carbocycles. The fourth-order valence-corrected chi connectivity index (χ4v) is 8.32. The van der Waals surface area contributed by atoms with Gasteiger partial charge in [-0.3, -0.25) is 0 Å². The molecule has 0 bridgehead atoms. The Bertz CT molecular complexity index is 1900. The molecule has 2 saturated heterocycles. The number of aromatic nitrogens is 3. The van der Waals surface area contributed by atoms with Crippen LogP contribution in [0.4, 0.5) is 19.0 Å². The highest BCUT2D eigenvalue weighted by atomic mass is 19.1. The molecule has 2 aromatic carbocycles. The molecule has 0 amide bonds. The van der Waals surface area contributed by atoms with E-state index in [1.54, 1.807) is 11.8 Å². The molecule has 0 spiro atoms. The van der Waals surface area contributed by atoms with E-state index in [9.17, 15) is 14.6 Å². The number of benzene rings is 2. The Morgan fingerprint density at radius 1 is 1.08 bits per heavy atom. The smallest absolute Gasteiger partial charge is 0.319 e. The van der Waals surface area contributed by atoms with Crippen LogP contribution in [0, 0.1) is 17.0 Å². The molecular formula is C36H42F3N5O5. The van der Waals surface area contributed by atoms with Gasteiger partial charge >= 0.3 is 6.01 Å². The molecule has 0 unspecified atom stereocenters. The monoisotopic (exact) mass is 681 g/mol. The van der Waals surface area contributed by atoms with Crippen LogP contribution in [0.1, 0.15) is 44.6 Å². The van der Waals surface area contributed by atoms with Crippen molar-refractivity contribution < 1.29 is 37.6 Å². The van der Waals surface area contributed by atoms with Gasteiger partial charge in [-0.1, -0.05) is 19.4 Å². The first-order chi connectivity index (χ1) is 23.6. The zero-order chi connectivity index (χ0) is 34.5. The van der Waals surface area contributed by atoms with Gasteiger partial charge in [0.25, 0.3) is 0 Å². The van der Waals surface area contributed by atoms with Crippen molar-refractivity contribution in [1.82, 2.24) is 19.9 Å². The molecular weight excluding hydrogens is 639 g/mol. The van der Waals surface area contributed by atoms with Crippen molar-refractivity contribution in [2.45, 2.75) is 57.1 Å². The Morgan fingerprint density at radius 3 is 2.67 bits per heavy atom. The summed E-state index contributed by atoms with van der Waals surface area (Å²) in [6, 6.07) is 5.96. The topological polar surface area (TPSA) is 113 Å². The molecule has 2 N–H and O–H groups in total. The number of hydrogen-bond donors (Lipinski definition) is 2. The van der Waals surface area contributed by atoms with E-state index in [1.807, 2.05) is 0 Å². The van der Waals surface area contributed by atoms with E-state index in [4.69, 9.17) is 19.2 Å². The lowest BCUT2D eigenvalue weighted by Crippen LogP contribution is -2.50. The van der Waals surface area contributed by atoms with Crippen LogP contribution < -0.4 is 14.4 Å². The Hall–Kier alpha value is -3.94. The lowest BCUT2D eigenvalue weighted by atomic mass is 9.76. The van der Waals surface area contributed by atoms with Gasteiger partial charge in [-0.25, -0.2) is 18.2 Å². The van der Waals surface area contributed by atoms with Crippen LogP contribution in [-0.4, -0.2) is 102 Å². The number of methoxy groups -OCH3 is 1. The summed E-state index contributed by atoms with van der Waals surface area (Å²) >= 11 is 0. The van der Waals surface area contributed by atoms with Crippen LogP contribution in [0.3, 0.4) is 0 Å². The first-order valence-corrected chi connectivity index (χ1v) is 16.9. The first kappa shape index (κ1) is 33.6. The number of aryl methyl sites for hydroxylation is 1. The third kappa shape index (κ3) is 5.89. The van der Waals surface area contributed by atoms with Crippen molar-refractivity contribution in [3.8, 4) is 28.9 Å². The molecule has 3 atom stereocenters. The number of piperidine rings is 1. The molecule has 0 radical (unpaired) electrons. The van der Waals surface area contributed by atoms with E-state index in [-0.39, 0.29) is 77.3 Å². The number of ether oxygens (including phenoxy) is 3. The SMILES string of the molecule is CCc1c(F)ccc2cc(O)cc(-c3nc(OC)c4c(N5CCOC[C@](O)(CF)C5)nc(OC[C@]56CCC[C@H]5N(C)CCC6)nc4c3F)c12. The van der Waals surface area contributed by atoms with Crippen molar-refractivity contribution >= 4 is 27.5 Å². The second-order valence-corrected chi connectivity index (χ2v) is 13.8. The van der Waals surface area contributed by atoms with Gasteiger partial charge in [-0.05, 0) is 80.2 Å². The molecule has 4 aromatic rings. The molecule has 2 aromatic heterocycles. The van der Waals surface area contributed by atoms with Crippen LogP contribution >= 0.6 is 0 Å². The molecule has 1 aliphatic carbocycles. The standard InChI is InChI=1S/C36H42F3N5O5/c1-4-23-25(38)9-8-21-15-22(45)16-24(27(21)23)30-29(39)31-28(33(40-30)47-3)32(44-13-14-48-20-36(46,17-37)18-44)42-34(41-31)49-19-35-10-5-7-26(35)43(2)12-6-11-35/h8-9,15-16,26,45-46H,4-7,10-14,17-20H2,1-3H3/t26-,35-,36+/m1/s1. The highest BCUT2D eigenvalue weighted by molar-refractivity contribution is 6.03. The molecule has 262 valence electrons. The zero-order valence-electron chi connectivity index (χ0n) is 28.1. The summed E-state index contributed by atoms with van der Waals surface area (Å²) in [4.78, 5) is 17.9. The summed E-state index contributed by atoms with van der Waals surface area (Å²) in [5, 5.41) is 22.7. The Morgan fingerprint density at radius 2 is 1.90 bits per heavy atom. The number of aliphatic hydroxyl groups is 1. The van der Waals surface area contributed by atoms with Gasteiger partial charge in [-0.15, -0.1) is 0 Å². The molecule has 10 nitrogen and oxygen atoms in total. The van der Waals surface area contributed by atoms with Crippen LogP contribution in [0.5, 0.6) is 17.6 Å². The van der Waals surface area contributed by atoms with E-state index in [0.717, 1.165) is 38.6 Å². The minimum Gasteiger partial charge on any atom is -0.508 e. The summed E-state index contributed by atoms with van der Waals surface area (Å²) in [6.07, 6.45) is 5.48. The average molecular weight is 682 g/mol. The predicted octanol–water partition coefficient (Wildman–Crippen LogP) is 5.58. The number of β-amino-alcohol motifs (C(OH)–C–C–N with tert-alkyl or cyclic N) is 1. The maximum absolute atomic E-state index is 17.2. The van der Waals surface area contributed by atoms with Crippen LogP contribution in [0.25, 0.3) is 32.9 Å². The van der Waals surface area contributed by atoms with E-state index in [0.29, 0.717) is 35.4 Å². The van der Waals surface area contributed by atoms with E-state index in [2.05, 4.69) is 21.9 Å². The molecule has 2 aliphatic heterocycles. The van der Waals surface area contributed by atoms with Gasteiger partial charge in [0, 0.05) is 23.6 Å². The number of pyridine rings is 1. The predicted molar refractivity (Wildman–Crippen MR) is 179 cm³/mol. The molecule has 4 heterocycles. The van der Waals surface area contributed by atoms with Crippen molar-refractivity contribution in [3.05, 3.63) is 41.5 Å². The lowest BCUT2D eigenvalue weighted by molar-refractivity contribution is -0.0409. The fraction of sp³-hybridized carbons (Fsp3) is 0.528. The number of hydrogen-bond acceptors (Lipinski definition) is 10. The number of rotatable bonds is 8. The maximum Gasteiger partial charge on any atom is 0.319 e. The minimum atomic E-state index is -1.84. The molecule has 3 aliphatic rings. The van der Waals surface area contributed by atoms with Gasteiger partial charge in [0.2, 0.25) is 5.88 Å². The highest BCUT2D eigenvalue weighted by Crippen LogP contribution is 2.48. The summed E-state index contributed by atoms with van der Waals surface area (Å²) in [6.45, 7) is 2.01. The first-order valence-electron chi connectivity index (χ1n) is 16.9. The molecule has 49 heavy (non-hydrogen) atoms. The Balaban J connectivity index is 1.44. The summed E-state index contributed by atoms with van der Waals surface area (Å²) in [7, 11) is 3.51. The number of phenolic OH excluding ortho intramolecular Hbond substituents is 1. The number of phenols is 1. The second-order valence-electron chi connectivity index (χ2n) is 13.8. The fourth-order valence-electron chi connectivity index (χ4n) is 8.32. The number of likely N-dealkylation sites (tertiary alicyclic amines) is 1. The number of aromatic hydroxyl groups is 1. The number of fused-ring (bicyclic) bond motifs is 3. The van der Waals surface area contributed by atoms with Gasteiger partial charge in [-0.2, -0.15) is 9.97 Å². The van der Waals surface area contributed by atoms with Gasteiger partial charge in [0.1, 0.15) is 46.3 Å². The summed E-state index contributed by atoms with van der Waals surface area (Å²) < 4.78 is 64.1. The third-order valence-electron chi connectivity index (χ3n) is 10.6. The number of anilines is 1. The Kier molecular flexibility index (Phi) is 8.95. The van der Waals surface area contributed by atoms with Crippen LogP contribution in [0.2, 0.25) is 0 Å². The highest BCUT2D eigenvalue weighted by Gasteiger charge is 2.47. The number of nitrogens with zero attached hydrogens (tertiary/aromatic N) is 5. The van der Waals surface area contributed by atoms with Crippen LogP contribution in [0.15, 0.2) is 24.3 Å². The number of halogens is 3. The van der Waals surface area contributed by atoms with Gasteiger partial charge in [0.05, 0.1) is 33.5 Å². The van der Waals surface area contributed by atoms with E-state index < -0.39 is 23.9 Å².